The summed E-state index contributed by atoms with van der Waals surface area (Å²) in [6.45, 7) is 1.39. The summed E-state index contributed by atoms with van der Waals surface area (Å²) in [5.41, 5.74) is 3.46. The van der Waals surface area contributed by atoms with Gasteiger partial charge in [-0.1, -0.05) is 77.8 Å². The van der Waals surface area contributed by atoms with Crippen LogP contribution >= 0.6 is 23.2 Å². The van der Waals surface area contributed by atoms with Crippen LogP contribution in [0.3, 0.4) is 0 Å². The molecule has 7 heteroatoms. The zero-order valence-electron chi connectivity index (χ0n) is 19.0. The lowest BCUT2D eigenvalue weighted by Gasteiger charge is -2.24. The second kappa shape index (κ2) is 12.2. The van der Waals surface area contributed by atoms with E-state index in [2.05, 4.69) is 10.3 Å². The third-order valence-electron chi connectivity index (χ3n) is 5.39. The van der Waals surface area contributed by atoms with Crippen molar-refractivity contribution in [3.05, 3.63) is 124 Å². The second-order valence-corrected chi connectivity index (χ2v) is 8.73. The number of ether oxygens (including phenoxy) is 1. The molecule has 5 nitrogen and oxygen atoms in total. The van der Waals surface area contributed by atoms with Crippen molar-refractivity contribution in [2.24, 2.45) is 0 Å². The molecule has 0 saturated carbocycles. The number of pyridine rings is 1. The smallest absolute Gasteiger partial charge is 0.322 e. The maximum Gasteiger partial charge on any atom is 0.322 e. The first-order chi connectivity index (χ1) is 17.1. The number of carbonyl (C=O) groups is 1. The van der Waals surface area contributed by atoms with E-state index in [0.717, 1.165) is 22.6 Å². The summed E-state index contributed by atoms with van der Waals surface area (Å²) < 4.78 is 5.88. The fraction of sp³-hybridized carbons (Fsp3) is 0.143. The van der Waals surface area contributed by atoms with Crippen molar-refractivity contribution < 1.29 is 9.53 Å². The fourth-order valence-corrected chi connectivity index (χ4v) is 3.84. The van der Waals surface area contributed by atoms with Gasteiger partial charge in [-0.25, -0.2) is 4.79 Å². The minimum atomic E-state index is -0.269. The number of aromatic nitrogens is 1. The molecule has 0 saturated heterocycles. The molecule has 178 valence electrons. The predicted molar refractivity (Wildman–Crippen MR) is 141 cm³/mol. The van der Waals surface area contributed by atoms with Crippen LogP contribution in [0.25, 0.3) is 0 Å². The minimum absolute atomic E-state index is 0.269. The third kappa shape index (κ3) is 7.22. The van der Waals surface area contributed by atoms with Crippen LogP contribution in [0.4, 0.5) is 10.5 Å². The van der Waals surface area contributed by atoms with Crippen LogP contribution < -0.4 is 10.1 Å². The Balaban J connectivity index is 1.44. The number of carbonyl (C=O) groups excluding carboxylic acids is 1. The van der Waals surface area contributed by atoms with Crippen LogP contribution in [0.1, 0.15) is 16.8 Å². The Morgan fingerprint density at radius 3 is 2.37 bits per heavy atom. The maximum atomic E-state index is 13.2. The van der Waals surface area contributed by atoms with Crippen molar-refractivity contribution in [2.75, 3.05) is 11.9 Å². The van der Waals surface area contributed by atoms with Gasteiger partial charge >= 0.3 is 6.03 Å². The predicted octanol–water partition coefficient (Wildman–Crippen LogP) is 7.24. The van der Waals surface area contributed by atoms with Crippen LogP contribution in [-0.2, 0) is 19.6 Å². The van der Waals surface area contributed by atoms with Crippen LogP contribution in [-0.4, -0.2) is 22.5 Å². The lowest BCUT2D eigenvalue weighted by atomic mass is 10.2. The van der Waals surface area contributed by atoms with Crippen molar-refractivity contribution in [2.45, 2.75) is 19.6 Å². The molecule has 35 heavy (non-hydrogen) atoms. The molecule has 0 spiro atoms. The lowest BCUT2D eigenvalue weighted by molar-refractivity contribution is 0.209. The molecular formula is C28H25Cl2N3O2. The number of hydrogen-bond acceptors (Lipinski definition) is 3. The highest BCUT2D eigenvalue weighted by molar-refractivity contribution is 6.43. The molecule has 0 atom stereocenters. The van der Waals surface area contributed by atoms with Gasteiger partial charge in [0.2, 0.25) is 0 Å². The SMILES string of the molecule is O=C(Nc1cccc(Cl)c1Cl)N(CCc1ccccn1)Cc1ccc(OCc2ccccc2)cc1. The standard InChI is InChI=1S/C28H25Cl2N3O2/c29-25-10-6-11-26(27(25)30)32-28(34)33(18-16-23-9-4-5-17-31-23)19-21-12-14-24(15-13-21)35-20-22-7-2-1-3-8-22/h1-15,17H,16,18-20H2,(H,32,34). The summed E-state index contributed by atoms with van der Waals surface area (Å²) in [6, 6.07) is 28.4. The van der Waals surface area contributed by atoms with E-state index in [-0.39, 0.29) is 6.03 Å². The molecule has 1 aromatic heterocycles. The third-order valence-corrected chi connectivity index (χ3v) is 6.21. The molecule has 0 fully saturated rings. The Kier molecular flexibility index (Phi) is 8.60. The topological polar surface area (TPSA) is 54.5 Å². The Bertz CT molecular complexity index is 1240. The summed E-state index contributed by atoms with van der Waals surface area (Å²) >= 11 is 12.4. The Labute approximate surface area is 215 Å². The second-order valence-electron chi connectivity index (χ2n) is 7.94. The molecule has 3 aromatic carbocycles. The van der Waals surface area contributed by atoms with Crippen molar-refractivity contribution in [3.8, 4) is 5.75 Å². The zero-order chi connectivity index (χ0) is 24.5. The summed E-state index contributed by atoms with van der Waals surface area (Å²) in [4.78, 5) is 19.3. The van der Waals surface area contributed by atoms with Gasteiger partial charge in [0.15, 0.2) is 0 Å². The first kappa shape index (κ1) is 24.6. The molecule has 1 N–H and O–H groups in total. The van der Waals surface area contributed by atoms with Gasteiger partial charge in [0.25, 0.3) is 0 Å². The highest BCUT2D eigenvalue weighted by atomic mass is 35.5. The van der Waals surface area contributed by atoms with Gasteiger partial charge in [-0.2, -0.15) is 0 Å². The van der Waals surface area contributed by atoms with E-state index in [0.29, 0.717) is 41.8 Å². The van der Waals surface area contributed by atoms with Crippen LogP contribution in [0, 0.1) is 0 Å². The van der Waals surface area contributed by atoms with E-state index in [1.807, 2.05) is 72.8 Å². The van der Waals surface area contributed by atoms with Crippen molar-refractivity contribution in [1.29, 1.82) is 0 Å². The van der Waals surface area contributed by atoms with Gasteiger partial charge in [0, 0.05) is 31.4 Å². The van der Waals surface area contributed by atoms with E-state index < -0.39 is 0 Å². The van der Waals surface area contributed by atoms with Crippen molar-refractivity contribution in [1.82, 2.24) is 9.88 Å². The molecule has 0 aliphatic carbocycles. The number of amides is 2. The Morgan fingerprint density at radius 1 is 0.857 bits per heavy atom. The molecular weight excluding hydrogens is 481 g/mol. The maximum absolute atomic E-state index is 13.2. The number of benzene rings is 3. The Morgan fingerprint density at radius 2 is 1.63 bits per heavy atom. The molecule has 0 bridgehead atoms. The van der Waals surface area contributed by atoms with Gasteiger partial charge in [-0.05, 0) is 47.5 Å². The molecule has 0 aliphatic heterocycles. The summed E-state index contributed by atoms with van der Waals surface area (Å²) in [6.07, 6.45) is 2.37. The molecule has 1 heterocycles. The first-order valence-corrected chi connectivity index (χ1v) is 12.0. The molecule has 4 aromatic rings. The van der Waals surface area contributed by atoms with Gasteiger partial charge in [0.05, 0.1) is 15.7 Å². The number of nitrogens with one attached hydrogen (secondary N) is 1. The van der Waals surface area contributed by atoms with Gasteiger partial charge in [-0.15, -0.1) is 0 Å². The van der Waals surface area contributed by atoms with Crippen LogP contribution in [0.15, 0.2) is 97.2 Å². The van der Waals surface area contributed by atoms with E-state index >= 15 is 0 Å². The van der Waals surface area contributed by atoms with Crippen molar-refractivity contribution >= 4 is 34.9 Å². The highest BCUT2D eigenvalue weighted by Gasteiger charge is 2.17. The number of hydrogen-bond donors (Lipinski definition) is 1. The molecule has 0 aliphatic rings. The number of halogens is 2. The molecule has 0 radical (unpaired) electrons. The summed E-state index contributed by atoms with van der Waals surface area (Å²) in [5, 5.41) is 3.58. The first-order valence-electron chi connectivity index (χ1n) is 11.2. The van der Waals surface area contributed by atoms with E-state index in [9.17, 15) is 4.79 Å². The van der Waals surface area contributed by atoms with Crippen LogP contribution in [0.5, 0.6) is 5.75 Å². The number of urea groups is 1. The number of anilines is 1. The number of nitrogens with zero attached hydrogens (tertiary/aromatic N) is 2. The fourth-order valence-electron chi connectivity index (χ4n) is 3.49. The minimum Gasteiger partial charge on any atom is -0.489 e. The summed E-state index contributed by atoms with van der Waals surface area (Å²) in [7, 11) is 0. The largest absolute Gasteiger partial charge is 0.489 e. The normalized spacial score (nSPS) is 10.6. The average molecular weight is 506 g/mol. The monoisotopic (exact) mass is 505 g/mol. The van der Waals surface area contributed by atoms with E-state index in [1.54, 1.807) is 29.3 Å². The van der Waals surface area contributed by atoms with Gasteiger partial charge in [-0.3, -0.25) is 4.98 Å². The molecule has 2 amide bonds. The highest BCUT2D eigenvalue weighted by Crippen LogP contribution is 2.29. The quantitative estimate of drug-likeness (QED) is 0.260. The van der Waals surface area contributed by atoms with E-state index in [1.165, 1.54) is 0 Å². The number of rotatable bonds is 9. The molecule has 0 unspecified atom stereocenters. The summed E-state index contributed by atoms with van der Waals surface area (Å²) in [5.74, 6) is 0.771. The van der Waals surface area contributed by atoms with Crippen molar-refractivity contribution in [3.63, 3.8) is 0 Å². The zero-order valence-corrected chi connectivity index (χ0v) is 20.5. The lowest BCUT2D eigenvalue weighted by Crippen LogP contribution is -2.36. The average Bonchev–Trinajstić information content (AvgIpc) is 2.90. The Hall–Kier alpha value is -3.54. The molecule has 4 rings (SSSR count). The van der Waals surface area contributed by atoms with Gasteiger partial charge < -0.3 is 15.0 Å². The van der Waals surface area contributed by atoms with E-state index in [4.69, 9.17) is 27.9 Å². The van der Waals surface area contributed by atoms with Crippen LogP contribution in [0.2, 0.25) is 10.0 Å². The van der Waals surface area contributed by atoms with Gasteiger partial charge in [0.1, 0.15) is 12.4 Å².